The van der Waals surface area contributed by atoms with Crippen LogP contribution in [-0.2, 0) is 0 Å². The number of rotatable bonds is 1. The van der Waals surface area contributed by atoms with E-state index in [1.807, 2.05) is 4.90 Å². The maximum absolute atomic E-state index is 12.7. The number of hydrogen-bond acceptors (Lipinski definition) is 3. The molecule has 0 saturated carbocycles. The van der Waals surface area contributed by atoms with Gasteiger partial charge in [0.05, 0.1) is 5.56 Å². The van der Waals surface area contributed by atoms with Gasteiger partial charge in [-0.2, -0.15) is 0 Å². The Balaban J connectivity index is 1.93. The van der Waals surface area contributed by atoms with Gasteiger partial charge in [0.2, 0.25) is 0 Å². The third-order valence-electron chi connectivity index (χ3n) is 4.20. The summed E-state index contributed by atoms with van der Waals surface area (Å²) < 4.78 is 0. The lowest BCUT2D eigenvalue weighted by atomic mass is 10.0. The largest absolute Gasteiger partial charge is 0.507 e. The second-order valence-corrected chi connectivity index (χ2v) is 5.88. The van der Waals surface area contributed by atoms with E-state index in [1.54, 1.807) is 12.1 Å². The summed E-state index contributed by atoms with van der Waals surface area (Å²) in [5.74, 6) is 0.403. The van der Waals surface area contributed by atoms with Gasteiger partial charge in [-0.1, -0.05) is 11.6 Å². The number of fused-ring (bicyclic) bond motifs is 1. The number of hydrogen-bond donors (Lipinski definition) is 2. The molecule has 0 radical (unpaired) electrons. The van der Waals surface area contributed by atoms with Crippen LogP contribution < -0.4 is 5.32 Å². The monoisotopic (exact) mass is 280 g/mol. The average molecular weight is 281 g/mol. The molecule has 102 valence electrons. The molecule has 3 unspecified atom stereocenters. The number of nitrogens with zero attached hydrogens (tertiary/aromatic N) is 1. The Bertz CT molecular complexity index is 520. The molecule has 1 aromatic rings. The Morgan fingerprint density at radius 2 is 2.26 bits per heavy atom. The highest BCUT2D eigenvalue weighted by molar-refractivity contribution is 6.31. The fourth-order valence-electron chi connectivity index (χ4n) is 3.33. The molecule has 3 rings (SSSR count). The Morgan fingerprint density at radius 1 is 1.47 bits per heavy atom. The number of phenolic OH excluding ortho intramolecular Hbond substituents is 1. The molecule has 2 N–H and O–H groups in total. The summed E-state index contributed by atoms with van der Waals surface area (Å²) in [5, 5.41) is 13.7. The quantitative estimate of drug-likeness (QED) is 0.826. The van der Waals surface area contributed by atoms with Crippen molar-refractivity contribution in [1.29, 1.82) is 0 Å². The number of aromatic hydroxyl groups is 1. The number of likely N-dealkylation sites (tertiary alicyclic amines) is 1. The van der Waals surface area contributed by atoms with Gasteiger partial charge in [0, 0.05) is 30.2 Å². The predicted molar refractivity (Wildman–Crippen MR) is 73.5 cm³/mol. The van der Waals surface area contributed by atoms with E-state index in [0.717, 1.165) is 19.5 Å². The van der Waals surface area contributed by atoms with Crippen LogP contribution in [0.4, 0.5) is 0 Å². The van der Waals surface area contributed by atoms with Crippen LogP contribution in [-0.4, -0.2) is 41.1 Å². The van der Waals surface area contributed by atoms with E-state index < -0.39 is 0 Å². The van der Waals surface area contributed by atoms with Crippen molar-refractivity contribution in [2.45, 2.75) is 25.4 Å². The summed E-state index contributed by atoms with van der Waals surface area (Å²) in [6.45, 7) is 3.88. The van der Waals surface area contributed by atoms with Crippen molar-refractivity contribution in [1.82, 2.24) is 10.2 Å². The van der Waals surface area contributed by atoms with E-state index >= 15 is 0 Å². The highest BCUT2D eigenvalue weighted by atomic mass is 35.5. The van der Waals surface area contributed by atoms with Crippen LogP contribution >= 0.6 is 11.6 Å². The van der Waals surface area contributed by atoms with Gasteiger partial charge in [-0.25, -0.2) is 0 Å². The standard InChI is InChI=1S/C14H17ClN2O2/c1-8-4-9-6-16-7-12(9)17(8)14(19)11-5-10(15)2-3-13(11)18/h2-3,5,8-9,12,16,18H,4,6-7H2,1H3. The summed E-state index contributed by atoms with van der Waals surface area (Å²) in [5.41, 5.74) is 0.298. The highest BCUT2D eigenvalue weighted by Gasteiger charge is 2.44. The fraction of sp³-hybridized carbons (Fsp3) is 0.500. The molecule has 1 amide bonds. The molecular weight excluding hydrogens is 264 g/mol. The van der Waals surface area contributed by atoms with Crippen molar-refractivity contribution >= 4 is 17.5 Å². The number of carbonyl (C=O) groups excluding carboxylic acids is 1. The van der Waals surface area contributed by atoms with Crippen LogP contribution in [0, 0.1) is 5.92 Å². The molecule has 0 bridgehead atoms. The van der Waals surface area contributed by atoms with Crippen LogP contribution in [0.1, 0.15) is 23.7 Å². The normalized spacial score (nSPS) is 29.6. The molecule has 2 saturated heterocycles. The molecule has 3 atom stereocenters. The average Bonchev–Trinajstić information content (AvgIpc) is 2.91. The van der Waals surface area contributed by atoms with Crippen LogP contribution in [0.3, 0.4) is 0 Å². The molecule has 0 spiro atoms. The summed E-state index contributed by atoms with van der Waals surface area (Å²) in [6, 6.07) is 5.05. The topological polar surface area (TPSA) is 52.6 Å². The Labute approximate surface area is 117 Å². The minimum absolute atomic E-state index is 0.00370. The second kappa shape index (κ2) is 4.69. The molecule has 4 nitrogen and oxygen atoms in total. The van der Waals surface area contributed by atoms with Crippen LogP contribution in [0.25, 0.3) is 0 Å². The maximum Gasteiger partial charge on any atom is 0.258 e. The first-order chi connectivity index (χ1) is 9.08. The van der Waals surface area contributed by atoms with E-state index in [1.165, 1.54) is 6.07 Å². The van der Waals surface area contributed by atoms with Gasteiger partial charge >= 0.3 is 0 Å². The summed E-state index contributed by atoms with van der Waals surface area (Å²) in [7, 11) is 0. The first kappa shape index (κ1) is 12.8. The number of phenols is 1. The van der Waals surface area contributed by atoms with Crippen molar-refractivity contribution in [3.05, 3.63) is 28.8 Å². The van der Waals surface area contributed by atoms with Crippen molar-refractivity contribution in [3.8, 4) is 5.75 Å². The van der Waals surface area contributed by atoms with E-state index in [9.17, 15) is 9.90 Å². The minimum Gasteiger partial charge on any atom is -0.507 e. The lowest BCUT2D eigenvalue weighted by molar-refractivity contribution is 0.0679. The molecule has 0 aliphatic carbocycles. The summed E-state index contributed by atoms with van der Waals surface area (Å²) >= 11 is 5.92. The third-order valence-corrected chi connectivity index (χ3v) is 4.44. The van der Waals surface area contributed by atoms with Gasteiger partial charge in [-0.05, 0) is 37.5 Å². The summed E-state index contributed by atoms with van der Waals surface area (Å²) in [4.78, 5) is 14.6. The first-order valence-electron chi connectivity index (χ1n) is 6.60. The Hall–Kier alpha value is -1.26. The lowest BCUT2D eigenvalue weighted by Crippen LogP contribution is -2.42. The molecule has 0 aromatic heterocycles. The Kier molecular flexibility index (Phi) is 3.15. The number of benzene rings is 1. The van der Waals surface area contributed by atoms with Crippen LogP contribution in [0.2, 0.25) is 5.02 Å². The van der Waals surface area contributed by atoms with Crippen molar-refractivity contribution in [2.24, 2.45) is 5.92 Å². The molecular formula is C14H17ClN2O2. The van der Waals surface area contributed by atoms with Gasteiger partial charge < -0.3 is 15.3 Å². The smallest absolute Gasteiger partial charge is 0.258 e. The van der Waals surface area contributed by atoms with Crippen molar-refractivity contribution < 1.29 is 9.90 Å². The number of carbonyl (C=O) groups is 1. The SMILES string of the molecule is CC1CC2CNCC2N1C(=O)c1cc(Cl)ccc1O. The van der Waals surface area contributed by atoms with Gasteiger partial charge in [0.25, 0.3) is 5.91 Å². The van der Waals surface area contributed by atoms with Gasteiger partial charge in [0.1, 0.15) is 5.75 Å². The number of nitrogens with one attached hydrogen (secondary N) is 1. The molecule has 2 heterocycles. The Morgan fingerprint density at radius 3 is 3.05 bits per heavy atom. The third kappa shape index (κ3) is 2.09. The minimum atomic E-state index is -0.122. The van der Waals surface area contributed by atoms with Crippen LogP contribution in [0.15, 0.2) is 18.2 Å². The molecule has 2 aliphatic rings. The van der Waals surface area contributed by atoms with E-state index in [2.05, 4.69) is 12.2 Å². The second-order valence-electron chi connectivity index (χ2n) is 5.44. The van der Waals surface area contributed by atoms with Crippen molar-refractivity contribution in [2.75, 3.05) is 13.1 Å². The highest BCUT2D eigenvalue weighted by Crippen LogP contribution is 2.35. The van der Waals surface area contributed by atoms with E-state index in [0.29, 0.717) is 16.5 Å². The predicted octanol–water partition coefficient (Wildman–Crippen LogP) is 1.87. The van der Waals surface area contributed by atoms with Crippen molar-refractivity contribution in [3.63, 3.8) is 0 Å². The van der Waals surface area contributed by atoms with E-state index in [-0.39, 0.29) is 23.7 Å². The van der Waals surface area contributed by atoms with E-state index in [4.69, 9.17) is 11.6 Å². The summed E-state index contributed by atoms with van der Waals surface area (Å²) in [6.07, 6.45) is 1.02. The number of halogens is 1. The first-order valence-corrected chi connectivity index (χ1v) is 6.97. The zero-order valence-electron chi connectivity index (χ0n) is 10.8. The zero-order chi connectivity index (χ0) is 13.6. The van der Waals surface area contributed by atoms with Gasteiger partial charge in [-0.15, -0.1) is 0 Å². The molecule has 2 fully saturated rings. The van der Waals surface area contributed by atoms with Crippen LogP contribution in [0.5, 0.6) is 5.75 Å². The lowest BCUT2D eigenvalue weighted by Gasteiger charge is -2.28. The maximum atomic E-state index is 12.7. The zero-order valence-corrected chi connectivity index (χ0v) is 11.5. The number of amides is 1. The molecule has 2 aliphatic heterocycles. The fourth-order valence-corrected chi connectivity index (χ4v) is 3.51. The molecule has 19 heavy (non-hydrogen) atoms. The van der Waals surface area contributed by atoms with Gasteiger partial charge in [0.15, 0.2) is 0 Å². The molecule has 5 heteroatoms. The van der Waals surface area contributed by atoms with Gasteiger partial charge in [-0.3, -0.25) is 4.79 Å². The molecule has 1 aromatic carbocycles.